The van der Waals surface area contributed by atoms with E-state index in [0.717, 1.165) is 5.92 Å². The van der Waals surface area contributed by atoms with E-state index in [4.69, 9.17) is 0 Å². The van der Waals surface area contributed by atoms with Crippen molar-refractivity contribution < 1.29 is 0 Å². The molecule has 1 fully saturated rings. The zero-order valence-corrected chi connectivity index (χ0v) is 7.54. The van der Waals surface area contributed by atoms with Crippen LogP contribution in [0.15, 0.2) is 0 Å². The monoisotopic (exact) mass is 159 g/mol. The van der Waals surface area contributed by atoms with Crippen LogP contribution >= 0.6 is 11.8 Å². The van der Waals surface area contributed by atoms with E-state index in [0.29, 0.717) is 0 Å². The fourth-order valence-electron chi connectivity index (χ4n) is 1.35. The van der Waals surface area contributed by atoms with Gasteiger partial charge in [0.05, 0.1) is 0 Å². The van der Waals surface area contributed by atoms with E-state index < -0.39 is 0 Å². The Kier molecular flexibility index (Phi) is 4.23. The molecule has 0 amide bonds. The Morgan fingerprint density at radius 2 is 2.50 bits per heavy atom. The highest BCUT2D eigenvalue weighted by Crippen LogP contribution is 2.15. The van der Waals surface area contributed by atoms with Gasteiger partial charge in [-0.25, -0.2) is 0 Å². The minimum atomic E-state index is 0.957. The molecule has 1 aliphatic heterocycles. The lowest BCUT2D eigenvalue weighted by Crippen LogP contribution is -2.30. The molecule has 60 valence electrons. The normalized spacial score (nSPS) is 26.7. The minimum Gasteiger partial charge on any atom is -0.316 e. The predicted octanol–water partition coefficient (Wildman–Crippen LogP) is 1.74. The first-order chi connectivity index (χ1) is 4.93. The molecular formula is C8H17NS. The number of hydrogen-bond donors (Lipinski definition) is 1. The maximum Gasteiger partial charge on any atom is -0.00126 e. The van der Waals surface area contributed by atoms with Crippen LogP contribution in [0.3, 0.4) is 0 Å². The molecule has 0 saturated carbocycles. The Bertz CT molecular complexity index is 79.3. The van der Waals surface area contributed by atoms with Crippen LogP contribution in [0.2, 0.25) is 0 Å². The van der Waals surface area contributed by atoms with Gasteiger partial charge in [-0.15, -0.1) is 0 Å². The molecule has 2 heteroatoms. The SMILES string of the molecule is CCSCC1CCCNC1. The second kappa shape index (κ2) is 5.03. The van der Waals surface area contributed by atoms with E-state index in [1.807, 2.05) is 0 Å². The quantitative estimate of drug-likeness (QED) is 0.673. The highest BCUT2D eigenvalue weighted by molar-refractivity contribution is 7.99. The molecule has 10 heavy (non-hydrogen) atoms. The van der Waals surface area contributed by atoms with E-state index in [-0.39, 0.29) is 0 Å². The van der Waals surface area contributed by atoms with Crippen molar-refractivity contribution in [3.8, 4) is 0 Å². The highest BCUT2D eigenvalue weighted by Gasteiger charge is 2.11. The molecule has 0 aromatic carbocycles. The number of piperidine rings is 1. The molecule has 1 atom stereocenters. The maximum atomic E-state index is 3.43. The van der Waals surface area contributed by atoms with Crippen molar-refractivity contribution in [2.24, 2.45) is 5.92 Å². The van der Waals surface area contributed by atoms with Gasteiger partial charge < -0.3 is 5.32 Å². The standard InChI is InChI=1S/C8H17NS/c1-2-10-7-8-4-3-5-9-6-8/h8-9H,2-7H2,1H3. The zero-order chi connectivity index (χ0) is 7.23. The van der Waals surface area contributed by atoms with Gasteiger partial charge in [0.2, 0.25) is 0 Å². The van der Waals surface area contributed by atoms with Crippen LogP contribution in [0.25, 0.3) is 0 Å². The summed E-state index contributed by atoms with van der Waals surface area (Å²) in [4.78, 5) is 0. The van der Waals surface area contributed by atoms with Gasteiger partial charge in [0.25, 0.3) is 0 Å². The summed E-state index contributed by atoms with van der Waals surface area (Å²) in [6.07, 6.45) is 2.83. The molecule has 0 bridgehead atoms. The third-order valence-corrected chi connectivity index (χ3v) is 3.07. The molecule has 0 spiro atoms. The molecule has 1 nitrogen and oxygen atoms in total. The van der Waals surface area contributed by atoms with Crippen LogP contribution < -0.4 is 5.32 Å². The smallest absolute Gasteiger partial charge is 0.00126 e. The Morgan fingerprint density at radius 3 is 3.10 bits per heavy atom. The van der Waals surface area contributed by atoms with Gasteiger partial charge >= 0.3 is 0 Å². The molecule has 1 saturated heterocycles. The van der Waals surface area contributed by atoms with Crippen LogP contribution in [-0.2, 0) is 0 Å². The molecule has 0 aromatic rings. The summed E-state index contributed by atoms with van der Waals surface area (Å²) in [6, 6.07) is 0. The Hall–Kier alpha value is 0.310. The molecule has 0 radical (unpaired) electrons. The molecule has 0 aliphatic carbocycles. The highest BCUT2D eigenvalue weighted by atomic mass is 32.2. The van der Waals surface area contributed by atoms with Crippen LogP contribution in [-0.4, -0.2) is 24.6 Å². The molecular weight excluding hydrogens is 142 g/mol. The fraction of sp³-hybridized carbons (Fsp3) is 1.00. The molecule has 1 unspecified atom stereocenters. The third-order valence-electron chi connectivity index (χ3n) is 1.96. The lowest BCUT2D eigenvalue weighted by Gasteiger charge is -2.21. The predicted molar refractivity (Wildman–Crippen MR) is 48.6 cm³/mol. The summed E-state index contributed by atoms with van der Waals surface area (Å²) >= 11 is 2.07. The van der Waals surface area contributed by atoms with E-state index in [2.05, 4.69) is 24.0 Å². The van der Waals surface area contributed by atoms with Crippen LogP contribution in [0.1, 0.15) is 19.8 Å². The second-order valence-corrected chi connectivity index (χ2v) is 4.19. The molecule has 0 aromatic heterocycles. The average molecular weight is 159 g/mol. The summed E-state index contributed by atoms with van der Waals surface area (Å²) in [5, 5.41) is 3.43. The first-order valence-corrected chi connectivity index (χ1v) is 5.37. The van der Waals surface area contributed by atoms with Gasteiger partial charge in [-0.3, -0.25) is 0 Å². The largest absolute Gasteiger partial charge is 0.316 e. The second-order valence-electron chi connectivity index (χ2n) is 2.87. The van der Waals surface area contributed by atoms with Crippen molar-refractivity contribution in [2.75, 3.05) is 24.6 Å². The topological polar surface area (TPSA) is 12.0 Å². The number of rotatable bonds is 3. The van der Waals surface area contributed by atoms with Gasteiger partial charge in [0.15, 0.2) is 0 Å². The summed E-state index contributed by atoms with van der Waals surface area (Å²) in [5.74, 6) is 3.60. The minimum absolute atomic E-state index is 0.957. The lowest BCUT2D eigenvalue weighted by atomic mass is 10.0. The summed E-state index contributed by atoms with van der Waals surface area (Å²) < 4.78 is 0. The van der Waals surface area contributed by atoms with Gasteiger partial charge in [0, 0.05) is 0 Å². The van der Waals surface area contributed by atoms with E-state index in [1.54, 1.807) is 0 Å². The van der Waals surface area contributed by atoms with Crippen LogP contribution in [0.4, 0.5) is 0 Å². The van der Waals surface area contributed by atoms with E-state index in [1.165, 1.54) is 37.4 Å². The maximum absolute atomic E-state index is 3.43. The Labute approximate surface area is 68.0 Å². The number of thioether (sulfide) groups is 1. The van der Waals surface area contributed by atoms with Crippen molar-refractivity contribution in [1.82, 2.24) is 5.32 Å². The Morgan fingerprint density at radius 1 is 1.60 bits per heavy atom. The molecule has 1 heterocycles. The van der Waals surface area contributed by atoms with Crippen molar-refractivity contribution in [3.05, 3.63) is 0 Å². The molecule has 1 N–H and O–H groups in total. The average Bonchev–Trinajstić information content (AvgIpc) is 2.03. The summed E-state index contributed by atoms with van der Waals surface area (Å²) in [7, 11) is 0. The van der Waals surface area contributed by atoms with Gasteiger partial charge in [-0.05, 0) is 43.4 Å². The van der Waals surface area contributed by atoms with Crippen molar-refractivity contribution in [1.29, 1.82) is 0 Å². The van der Waals surface area contributed by atoms with Crippen molar-refractivity contribution in [2.45, 2.75) is 19.8 Å². The molecule has 1 aliphatic rings. The number of hydrogen-bond acceptors (Lipinski definition) is 2. The Balaban J connectivity index is 2.02. The van der Waals surface area contributed by atoms with E-state index >= 15 is 0 Å². The number of nitrogens with one attached hydrogen (secondary N) is 1. The van der Waals surface area contributed by atoms with Crippen LogP contribution in [0, 0.1) is 5.92 Å². The lowest BCUT2D eigenvalue weighted by molar-refractivity contribution is 0.410. The molecule has 1 rings (SSSR count). The summed E-state index contributed by atoms with van der Waals surface area (Å²) in [5.41, 5.74) is 0. The van der Waals surface area contributed by atoms with Gasteiger partial charge in [0.1, 0.15) is 0 Å². The first kappa shape index (κ1) is 8.41. The van der Waals surface area contributed by atoms with Crippen LogP contribution in [0.5, 0.6) is 0 Å². The van der Waals surface area contributed by atoms with Gasteiger partial charge in [-0.1, -0.05) is 6.92 Å². The van der Waals surface area contributed by atoms with Crippen molar-refractivity contribution in [3.63, 3.8) is 0 Å². The summed E-state index contributed by atoms with van der Waals surface area (Å²) in [6.45, 7) is 4.74. The third kappa shape index (κ3) is 2.93. The van der Waals surface area contributed by atoms with E-state index in [9.17, 15) is 0 Å². The fourth-order valence-corrected chi connectivity index (χ4v) is 2.20. The van der Waals surface area contributed by atoms with Crippen molar-refractivity contribution >= 4 is 11.8 Å². The first-order valence-electron chi connectivity index (χ1n) is 4.22. The zero-order valence-electron chi connectivity index (χ0n) is 6.73. The van der Waals surface area contributed by atoms with Gasteiger partial charge in [-0.2, -0.15) is 11.8 Å².